The number of carbonyl (C=O) groups excluding carboxylic acids is 3. The molecule has 32 heavy (non-hydrogen) atoms. The van der Waals surface area contributed by atoms with Crippen molar-refractivity contribution in [1.82, 2.24) is 15.1 Å². The summed E-state index contributed by atoms with van der Waals surface area (Å²) in [7, 11) is 0. The molecule has 1 aromatic heterocycles. The Morgan fingerprint density at radius 2 is 1.66 bits per heavy atom. The highest BCUT2D eigenvalue weighted by Gasteiger charge is 2.21. The van der Waals surface area contributed by atoms with Gasteiger partial charge >= 0.3 is 0 Å². The lowest BCUT2D eigenvalue weighted by Gasteiger charge is -2.15. The van der Waals surface area contributed by atoms with Crippen molar-refractivity contribution < 1.29 is 14.4 Å². The molecule has 0 saturated heterocycles. The molecule has 1 saturated carbocycles. The Morgan fingerprint density at radius 1 is 1.00 bits per heavy atom. The first-order chi connectivity index (χ1) is 15.4. The summed E-state index contributed by atoms with van der Waals surface area (Å²) in [5, 5.41) is 10.2. The number of carbonyl (C=O) groups is 3. The van der Waals surface area contributed by atoms with Crippen LogP contribution < -0.4 is 21.9 Å². The minimum absolute atomic E-state index is 0.0932. The number of nitrogens with two attached hydrogens (primary N) is 1. The average Bonchev–Trinajstić information content (AvgIpc) is 3.29. The van der Waals surface area contributed by atoms with Crippen molar-refractivity contribution in [2.75, 3.05) is 5.32 Å². The number of hydrogen-bond donors (Lipinski definition) is 3. The first kappa shape index (κ1) is 21.2. The Bertz CT molecular complexity index is 1260. The summed E-state index contributed by atoms with van der Waals surface area (Å²) in [4.78, 5) is 50.0. The number of benzene rings is 2. The second kappa shape index (κ2) is 9.01. The number of fused-ring (bicyclic) bond motifs is 1. The maximum absolute atomic E-state index is 12.8. The number of anilines is 1. The summed E-state index contributed by atoms with van der Waals surface area (Å²) in [5.41, 5.74) is 5.47. The van der Waals surface area contributed by atoms with Gasteiger partial charge in [0.25, 0.3) is 17.4 Å². The number of para-hydroxylation sites is 1. The summed E-state index contributed by atoms with van der Waals surface area (Å²) in [6, 6.07) is 13.2. The number of nitrogens with one attached hydrogen (secondary N) is 2. The molecule has 1 aliphatic rings. The lowest BCUT2D eigenvalue weighted by molar-refractivity contribution is -0.117. The van der Waals surface area contributed by atoms with Crippen LogP contribution in [0.2, 0.25) is 0 Å². The summed E-state index contributed by atoms with van der Waals surface area (Å²) in [6.45, 7) is -0.442. The number of rotatable bonds is 6. The lowest BCUT2D eigenvalue weighted by Crippen LogP contribution is -2.34. The van der Waals surface area contributed by atoms with Crippen LogP contribution in [0.3, 0.4) is 0 Å². The van der Waals surface area contributed by atoms with Gasteiger partial charge in [-0.25, -0.2) is 4.68 Å². The fourth-order valence-corrected chi connectivity index (χ4v) is 3.97. The summed E-state index contributed by atoms with van der Waals surface area (Å²) in [5.74, 6) is -1.62. The van der Waals surface area contributed by atoms with Gasteiger partial charge in [-0.15, -0.1) is 0 Å². The zero-order valence-corrected chi connectivity index (χ0v) is 17.3. The van der Waals surface area contributed by atoms with Crippen LogP contribution in [0.25, 0.3) is 10.8 Å². The van der Waals surface area contributed by atoms with Crippen LogP contribution in [-0.4, -0.2) is 33.5 Å². The highest BCUT2D eigenvalue weighted by molar-refractivity contribution is 6.05. The van der Waals surface area contributed by atoms with E-state index in [-0.39, 0.29) is 23.0 Å². The van der Waals surface area contributed by atoms with Gasteiger partial charge in [0.2, 0.25) is 5.91 Å². The van der Waals surface area contributed by atoms with E-state index in [0.29, 0.717) is 16.6 Å². The quantitative estimate of drug-likeness (QED) is 0.545. The zero-order valence-electron chi connectivity index (χ0n) is 17.3. The van der Waals surface area contributed by atoms with Crippen molar-refractivity contribution in [2.24, 2.45) is 5.73 Å². The van der Waals surface area contributed by atoms with Gasteiger partial charge in [-0.05, 0) is 31.0 Å². The first-order valence-corrected chi connectivity index (χ1v) is 10.4. The molecule has 0 unspecified atom stereocenters. The predicted octanol–water partition coefficient (Wildman–Crippen LogP) is 1.81. The van der Waals surface area contributed by atoms with E-state index in [0.717, 1.165) is 30.4 Å². The van der Waals surface area contributed by atoms with E-state index < -0.39 is 23.9 Å². The fourth-order valence-electron chi connectivity index (χ4n) is 3.97. The second-order valence-corrected chi connectivity index (χ2v) is 7.77. The Balaban J connectivity index is 1.57. The Labute approximate surface area is 183 Å². The maximum Gasteiger partial charge on any atom is 0.275 e. The van der Waals surface area contributed by atoms with E-state index in [1.165, 1.54) is 0 Å². The van der Waals surface area contributed by atoms with Gasteiger partial charge < -0.3 is 16.4 Å². The number of hydrogen-bond acceptors (Lipinski definition) is 5. The topological polar surface area (TPSA) is 136 Å². The Hall–Kier alpha value is -4.01. The summed E-state index contributed by atoms with van der Waals surface area (Å²) >= 11 is 0. The molecule has 9 heteroatoms. The van der Waals surface area contributed by atoms with E-state index >= 15 is 0 Å². The predicted molar refractivity (Wildman–Crippen MR) is 119 cm³/mol. The van der Waals surface area contributed by atoms with Crippen LogP contribution in [0.1, 0.15) is 46.5 Å². The third-order valence-electron chi connectivity index (χ3n) is 5.53. The van der Waals surface area contributed by atoms with Crippen LogP contribution in [0.15, 0.2) is 53.3 Å². The minimum atomic E-state index is -0.802. The number of amides is 3. The molecule has 0 spiro atoms. The van der Waals surface area contributed by atoms with Crippen molar-refractivity contribution in [3.05, 3.63) is 70.1 Å². The molecular weight excluding hydrogens is 410 g/mol. The molecule has 0 aliphatic heterocycles. The molecule has 4 N–H and O–H groups in total. The van der Waals surface area contributed by atoms with Gasteiger partial charge in [-0.3, -0.25) is 19.2 Å². The molecule has 1 aliphatic carbocycles. The lowest BCUT2D eigenvalue weighted by atomic mass is 10.1. The van der Waals surface area contributed by atoms with Crippen molar-refractivity contribution in [3.63, 3.8) is 0 Å². The van der Waals surface area contributed by atoms with Gasteiger partial charge in [0.1, 0.15) is 6.54 Å². The molecule has 3 amide bonds. The zero-order chi connectivity index (χ0) is 22.7. The van der Waals surface area contributed by atoms with Crippen LogP contribution in [-0.2, 0) is 11.3 Å². The summed E-state index contributed by atoms with van der Waals surface area (Å²) in [6.07, 6.45) is 4.06. The molecule has 1 heterocycles. The Morgan fingerprint density at radius 3 is 2.38 bits per heavy atom. The fraction of sp³-hybridized carbons (Fsp3) is 0.261. The van der Waals surface area contributed by atoms with Crippen molar-refractivity contribution in [3.8, 4) is 0 Å². The van der Waals surface area contributed by atoms with Crippen molar-refractivity contribution in [2.45, 2.75) is 38.3 Å². The highest BCUT2D eigenvalue weighted by Crippen LogP contribution is 2.20. The summed E-state index contributed by atoms with van der Waals surface area (Å²) < 4.78 is 0.902. The molecule has 0 bridgehead atoms. The molecule has 1 fully saturated rings. The third kappa shape index (κ3) is 4.36. The molecule has 0 radical (unpaired) electrons. The molecule has 2 aromatic carbocycles. The molecular formula is C23H23N5O4. The number of nitrogens with zero attached hydrogens (tertiary/aromatic N) is 2. The van der Waals surface area contributed by atoms with Gasteiger partial charge in [0, 0.05) is 11.4 Å². The van der Waals surface area contributed by atoms with Crippen LogP contribution >= 0.6 is 0 Å². The van der Waals surface area contributed by atoms with E-state index in [2.05, 4.69) is 15.7 Å². The molecule has 4 rings (SSSR count). The van der Waals surface area contributed by atoms with Crippen LogP contribution in [0.4, 0.5) is 5.69 Å². The monoisotopic (exact) mass is 433 g/mol. The smallest absolute Gasteiger partial charge is 0.275 e. The van der Waals surface area contributed by atoms with Gasteiger partial charge in [0.05, 0.1) is 16.6 Å². The highest BCUT2D eigenvalue weighted by atomic mass is 16.2. The minimum Gasteiger partial charge on any atom is -0.364 e. The molecule has 3 aromatic rings. The van der Waals surface area contributed by atoms with Gasteiger partial charge in [-0.1, -0.05) is 43.2 Å². The van der Waals surface area contributed by atoms with Gasteiger partial charge in [-0.2, -0.15) is 5.10 Å². The maximum atomic E-state index is 12.8. The average molecular weight is 433 g/mol. The van der Waals surface area contributed by atoms with E-state index in [9.17, 15) is 19.2 Å². The van der Waals surface area contributed by atoms with E-state index in [4.69, 9.17) is 5.73 Å². The largest absolute Gasteiger partial charge is 0.364 e. The van der Waals surface area contributed by atoms with Crippen molar-refractivity contribution >= 4 is 34.2 Å². The van der Waals surface area contributed by atoms with Gasteiger partial charge in [0.15, 0.2) is 5.69 Å². The van der Waals surface area contributed by atoms with Crippen LogP contribution in [0, 0.1) is 0 Å². The SMILES string of the molecule is NC(=O)c1nn(CC(=O)Nc2ccccc2C(=O)NC2CCCC2)c(=O)c2ccccc12. The number of aromatic nitrogens is 2. The van der Waals surface area contributed by atoms with Crippen molar-refractivity contribution in [1.29, 1.82) is 0 Å². The molecule has 9 nitrogen and oxygen atoms in total. The van der Waals surface area contributed by atoms with E-state index in [1.807, 2.05) is 0 Å². The Kier molecular flexibility index (Phi) is 5.98. The van der Waals surface area contributed by atoms with E-state index in [1.54, 1.807) is 48.5 Å². The normalized spacial score (nSPS) is 13.8. The molecule has 164 valence electrons. The first-order valence-electron chi connectivity index (χ1n) is 10.4. The number of primary amides is 1. The third-order valence-corrected chi connectivity index (χ3v) is 5.53. The standard InChI is InChI=1S/C23H23N5O4/c24-21(30)20-15-9-3-4-10-16(15)23(32)28(27-20)13-19(29)26-18-12-6-5-11-17(18)22(31)25-14-7-1-2-8-14/h3-6,9-12,14H,1-2,7-8,13H2,(H2,24,30)(H,25,31)(H,26,29). The van der Waals surface area contributed by atoms with Crippen LogP contribution in [0.5, 0.6) is 0 Å². The molecule has 0 atom stereocenters. The second-order valence-electron chi connectivity index (χ2n) is 7.77.